The van der Waals surface area contributed by atoms with Gasteiger partial charge in [-0.2, -0.15) is 0 Å². The Hall–Kier alpha value is -0.710. The van der Waals surface area contributed by atoms with Crippen molar-refractivity contribution in [2.75, 3.05) is 31.1 Å². The van der Waals surface area contributed by atoms with Crippen LogP contribution in [-0.4, -0.2) is 37.3 Å². The van der Waals surface area contributed by atoms with Crippen LogP contribution in [0.2, 0.25) is 10.0 Å². The molecule has 1 unspecified atom stereocenters. The van der Waals surface area contributed by atoms with E-state index in [-0.39, 0.29) is 0 Å². The van der Waals surface area contributed by atoms with Crippen LogP contribution in [0.1, 0.15) is 6.42 Å². The van der Waals surface area contributed by atoms with E-state index in [0.29, 0.717) is 28.4 Å². The number of hydrogen-bond donors (Lipinski definition) is 1. The Kier molecular flexibility index (Phi) is 3.03. The minimum Gasteiger partial charge on any atom is -0.488 e. The summed E-state index contributed by atoms with van der Waals surface area (Å²) >= 11 is 12.1. The minimum absolute atomic E-state index is 0.426. The van der Waals surface area contributed by atoms with Crippen LogP contribution < -0.4 is 15.0 Å². The molecule has 1 N–H and O–H groups in total. The van der Waals surface area contributed by atoms with E-state index in [4.69, 9.17) is 27.9 Å². The van der Waals surface area contributed by atoms with E-state index in [2.05, 4.69) is 15.2 Å². The first kappa shape index (κ1) is 11.4. The van der Waals surface area contributed by atoms with E-state index in [0.717, 1.165) is 31.9 Å². The van der Waals surface area contributed by atoms with Crippen LogP contribution in [0.15, 0.2) is 6.20 Å². The van der Waals surface area contributed by atoms with Gasteiger partial charge in [0.15, 0.2) is 11.6 Å². The van der Waals surface area contributed by atoms with Crippen LogP contribution in [0.4, 0.5) is 5.82 Å². The number of hydrogen-bond acceptors (Lipinski definition) is 4. The molecule has 92 valence electrons. The van der Waals surface area contributed by atoms with Gasteiger partial charge in [-0.1, -0.05) is 23.2 Å². The van der Waals surface area contributed by atoms with E-state index in [9.17, 15) is 0 Å². The third kappa shape index (κ3) is 1.94. The van der Waals surface area contributed by atoms with Gasteiger partial charge in [0.25, 0.3) is 0 Å². The summed E-state index contributed by atoms with van der Waals surface area (Å²) in [6.07, 6.45) is 2.56. The van der Waals surface area contributed by atoms with Gasteiger partial charge in [0.2, 0.25) is 0 Å². The maximum absolute atomic E-state index is 6.18. The van der Waals surface area contributed by atoms with E-state index in [1.165, 1.54) is 0 Å². The fourth-order valence-electron chi connectivity index (χ4n) is 2.37. The summed E-state index contributed by atoms with van der Waals surface area (Å²) in [6, 6.07) is 0.426. The second-order valence-electron chi connectivity index (χ2n) is 4.26. The first-order valence-electron chi connectivity index (χ1n) is 5.71. The summed E-state index contributed by atoms with van der Waals surface area (Å²) in [5, 5.41) is 4.30. The Morgan fingerprint density at radius 1 is 1.47 bits per heavy atom. The summed E-state index contributed by atoms with van der Waals surface area (Å²) < 4.78 is 5.70. The molecule has 0 aromatic carbocycles. The summed E-state index contributed by atoms with van der Waals surface area (Å²) in [7, 11) is 0. The maximum atomic E-state index is 6.18. The van der Waals surface area contributed by atoms with Crippen molar-refractivity contribution in [1.82, 2.24) is 10.3 Å². The highest BCUT2D eigenvalue weighted by Crippen LogP contribution is 2.41. The lowest BCUT2D eigenvalue weighted by Gasteiger charge is -2.35. The second kappa shape index (κ2) is 4.52. The van der Waals surface area contributed by atoms with Crippen LogP contribution in [0.5, 0.6) is 5.75 Å². The second-order valence-corrected chi connectivity index (χ2v) is 5.05. The van der Waals surface area contributed by atoms with E-state index in [1.54, 1.807) is 6.20 Å². The lowest BCUT2D eigenvalue weighted by atomic mass is 10.1. The van der Waals surface area contributed by atoms with Gasteiger partial charge in [-0.25, -0.2) is 4.98 Å². The fourth-order valence-corrected chi connectivity index (χ4v) is 2.69. The Morgan fingerprint density at radius 2 is 2.35 bits per heavy atom. The van der Waals surface area contributed by atoms with Crippen molar-refractivity contribution >= 4 is 29.0 Å². The Morgan fingerprint density at radius 3 is 3.24 bits per heavy atom. The number of anilines is 1. The molecule has 2 aliphatic heterocycles. The first-order chi connectivity index (χ1) is 8.27. The van der Waals surface area contributed by atoms with E-state index >= 15 is 0 Å². The number of halogens is 2. The van der Waals surface area contributed by atoms with Crippen molar-refractivity contribution in [3.8, 4) is 5.75 Å². The van der Waals surface area contributed by atoms with Crippen molar-refractivity contribution in [2.45, 2.75) is 12.5 Å². The molecule has 1 saturated heterocycles. The fraction of sp³-hybridized carbons (Fsp3) is 0.545. The van der Waals surface area contributed by atoms with Gasteiger partial charge >= 0.3 is 0 Å². The topological polar surface area (TPSA) is 37.4 Å². The van der Waals surface area contributed by atoms with Crippen LogP contribution in [0.3, 0.4) is 0 Å². The van der Waals surface area contributed by atoms with Crippen molar-refractivity contribution in [1.29, 1.82) is 0 Å². The molecule has 3 rings (SSSR count). The molecule has 1 aromatic rings. The Labute approximate surface area is 110 Å². The van der Waals surface area contributed by atoms with E-state index < -0.39 is 0 Å². The van der Waals surface area contributed by atoms with Crippen LogP contribution in [0, 0.1) is 0 Å². The molecule has 0 bridgehead atoms. The zero-order valence-corrected chi connectivity index (χ0v) is 10.8. The third-order valence-electron chi connectivity index (χ3n) is 3.23. The molecule has 6 heteroatoms. The average Bonchev–Trinajstić information content (AvgIpc) is 2.54. The largest absolute Gasteiger partial charge is 0.488 e. The molecule has 0 aliphatic carbocycles. The van der Waals surface area contributed by atoms with Gasteiger partial charge < -0.3 is 15.0 Å². The number of rotatable bonds is 0. The highest BCUT2D eigenvalue weighted by Gasteiger charge is 2.30. The molecule has 3 heterocycles. The van der Waals surface area contributed by atoms with Crippen molar-refractivity contribution in [2.24, 2.45) is 0 Å². The van der Waals surface area contributed by atoms with Gasteiger partial charge in [-0.15, -0.1) is 0 Å². The quantitative estimate of drug-likeness (QED) is 0.784. The number of fused-ring (bicyclic) bond motifs is 3. The van der Waals surface area contributed by atoms with Gasteiger partial charge in [-0.3, -0.25) is 0 Å². The van der Waals surface area contributed by atoms with Crippen LogP contribution >= 0.6 is 23.2 Å². The van der Waals surface area contributed by atoms with Gasteiger partial charge in [0, 0.05) is 38.3 Å². The molecule has 0 saturated carbocycles. The molecular weight excluding hydrogens is 261 g/mol. The molecule has 1 atom stereocenters. The first-order valence-corrected chi connectivity index (χ1v) is 6.47. The monoisotopic (exact) mass is 273 g/mol. The molecular formula is C11H13Cl2N3O. The van der Waals surface area contributed by atoms with Crippen LogP contribution in [0.25, 0.3) is 0 Å². The normalized spacial score (nSPS) is 23.4. The highest BCUT2D eigenvalue weighted by atomic mass is 35.5. The number of ether oxygens (including phenoxy) is 1. The molecule has 1 fully saturated rings. The molecule has 0 spiro atoms. The molecule has 0 radical (unpaired) electrons. The van der Waals surface area contributed by atoms with Gasteiger partial charge in [0.05, 0.1) is 11.6 Å². The van der Waals surface area contributed by atoms with E-state index in [1.807, 2.05) is 0 Å². The lowest BCUT2D eigenvalue weighted by Crippen LogP contribution is -2.51. The molecule has 17 heavy (non-hydrogen) atoms. The predicted molar refractivity (Wildman–Crippen MR) is 68.4 cm³/mol. The number of nitrogens with zero attached hydrogens (tertiary/aromatic N) is 2. The number of pyridine rings is 1. The number of nitrogens with one attached hydrogen (secondary N) is 1. The molecule has 2 aliphatic rings. The zero-order chi connectivity index (χ0) is 11.8. The molecule has 1 aromatic heterocycles. The summed E-state index contributed by atoms with van der Waals surface area (Å²) in [5.41, 5.74) is 0. The van der Waals surface area contributed by atoms with Gasteiger partial charge in [-0.05, 0) is 0 Å². The smallest absolute Gasteiger partial charge is 0.181 e. The van der Waals surface area contributed by atoms with Gasteiger partial charge in [0.1, 0.15) is 5.02 Å². The summed E-state index contributed by atoms with van der Waals surface area (Å²) in [4.78, 5) is 6.65. The zero-order valence-electron chi connectivity index (χ0n) is 9.25. The summed E-state index contributed by atoms with van der Waals surface area (Å²) in [6.45, 7) is 3.49. The number of aromatic nitrogens is 1. The predicted octanol–water partition coefficient (Wildman–Crippen LogP) is 1.95. The van der Waals surface area contributed by atoms with Crippen molar-refractivity contribution < 1.29 is 4.74 Å². The SMILES string of the molecule is Clc1cnc2c(c1Cl)OCCC1CNCCN21. The van der Waals surface area contributed by atoms with Crippen LogP contribution in [-0.2, 0) is 0 Å². The molecule has 0 amide bonds. The average molecular weight is 274 g/mol. The highest BCUT2D eigenvalue weighted by molar-refractivity contribution is 6.43. The Balaban J connectivity index is 2.06. The van der Waals surface area contributed by atoms with Crippen molar-refractivity contribution in [3.05, 3.63) is 16.2 Å². The minimum atomic E-state index is 0.426. The standard InChI is InChI=1S/C11H13Cl2N3O/c12-8-6-15-11-10(9(8)13)17-4-1-7-5-14-2-3-16(7)11/h6-7,14H,1-5H2. The van der Waals surface area contributed by atoms with Crippen molar-refractivity contribution in [3.63, 3.8) is 0 Å². The Bertz CT molecular complexity index is 441. The third-order valence-corrected chi connectivity index (χ3v) is 3.99. The molecule has 4 nitrogen and oxygen atoms in total. The number of piperazine rings is 1. The maximum Gasteiger partial charge on any atom is 0.181 e. The summed E-state index contributed by atoms with van der Waals surface area (Å²) in [5.74, 6) is 1.45. The lowest BCUT2D eigenvalue weighted by molar-refractivity contribution is 0.304.